The van der Waals surface area contributed by atoms with Crippen molar-refractivity contribution in [1.82, 2.24) is 10.2 Å². The van der Waals surface area contributed by atoms with E-state index >= 15 is 0 Å². The second-order valence-electron chi connectivity index (χ2n) is 6.39. The molecule has 0 atom stereocenters. The van der Waals surface area contributed by atoms with E-state index in [2.05, 4.69) is 10.6 Å². The number of hydrogen-bond acceptors (Lipinski definition) is 3. The van der Waals surface area contributed by atoms with E-state index in [-0.39, 0.29) is 30.7 Å². The average molecular weight is 367 g/mol. The molecule has 3 amide bonds. The first-order valence-corrected chi connectivity index (χ1v) is 8.85. The third kappa shape index (κ3) is 7.32. The quantitative estimate of drug-likeness (QED) is 0.752. The molecule has 0 saturated heterocycles. The molecule has 0 heterocycles. The first kappa shape index (κ1) is 20.2. The van der Waals surface area contributed by atoms with Crippen molar-refractivity contribution in [2.75, 3.05) is 18.9 Å². The molecular formula is C21H25N3O3. The Morgan fingerprint density at radius 1 is 0.926 bits per heavy atom. The zero-order chi connectivity index (χ0) is 19.6. The lowest BCUT2D eigenvalue weighted by Crippen LogP contribution is -2.28. The SMILES string of the molecule is CC(=O)N(C)Cc1cccc(NC(=O)CCNC(=O)Cc2ccccc2)c1. The highest BCUT2D eigenvalue weighted by Gasteiger charge is 2.07. The van der Waals surface area contributed by atoms with Gasteiger partial charge in [-0.1, -0.05) is 42.5 Å². The van der Waals surface area contributed by atoms with E-state index in [4.69, 9.17) is 0 Å². The molecule has 142 valence electrons. The summed E-state index contributed by atoms with van der Waals surface area (Å²) in [5, 5.41) is 5.57. The summed E-state index contributed by atoms with van der Waals surface area (Å²) in [4.78, 5) is 36.9. The van der Waals surface area contributed by atoms with E-state index in [0.29, 0.717) is 18.7 Å². The van der Waals surface area contributed by atoms with Crippen LogP contribution in [0.1, 0.15) is 24.5 Å². The fourth-order valence-electron chi connectivity index (χ4n) is 2.52. The highest BCUT2D eigenvalue weighted by Crippen LogP contribution is 2.12. The van der Waals surface area contributed by atoms with Gasteiger partial charge in [0, 0.05) is 39.2 Å². The maximum Gasteiger partial charge on any atom is 0.226 e. The lowest BCUT2D eigenvalue weighted by molar-refractivity contribution is -0.128. The van der Waals surface area contributed by atoms with E-state index in [1.165, 1.54) is 6.92 Å². The number of benzene rings is 2. The highest BCUT2D eigenvalue weighted by atomic mass is 16.2. The topological polar surface area (TPSA) is 78.5 Å². The Labute approximate surface area is 159 Å². The summed E-state index contributed by atoms with van der Waals surface area (Å²) in [6.45, 7) is 2.27. The molecular weight excluding hydrogens is 342 g/mol. The molecule has 6 heteroatoms. The number of nitrogens with zero attached hydrogens (tertiary/aromatic N) is 1. The minimum atomic E-state index is -0.174. The summed E-state index contributed by atoms with van der Waals surface area (Å²) in [6, 6.07) is 16.8. The van der Waals surface area contributed by atoms with E-state index in [0.717, 1.165) is 11.1 Å². The van der Waals surface area contributed by atoms with Crippen LogP contribution in [0.2, 0.25) is 0 Å². The predicted molar refractivity (Wildman–Crippen MR) is 105 cm³/mol. The summed E-state index contributed by atoms with van der Waals surface area (Å²) in [5.41, 5.74) is 2.54. The molecule has 0 fully saturated rings. The zero-order valence-corrected chi connectivity index (χ0v) is 15.7. The number of carbonyl (C=O) groups excluding carboxylic acids is 3. The molecule has 0 saturated carbocycles. The van der Waals surface area contributed by atoms with Crippen LogP contribution >= 0.6 is 0 Å². The second kappa shape index (κ2) is 10.1. The van der Waals surface area contributed by atoms with Crippen molar-refractivity contribution in [3.63, 3.8) is 0 Å². The number of nitrogens with one attached hydrogen (secondary N) is 2. The van der Waals surface area contributed by atoms with Crippen molar-refractivity contribution in [1.29, 1.82) is 0 Å². The fourth-order valence-corrected chi connectivity index (χ4v) is 2.52. The Balaban J connectivity index is 1.75. The van der Waals surface area contributed by atoms with Gasteiger partial charge in [0.2, 0.25) is 17.7 Å². The highest BCUT2D eigenvalue weighted by molar-refractivity contribution is 5.91. The van der Waals surface area contributed by atoms with Crippen LogP contribution in [-0.4, -0.2) is 36.2 Å². The predicted octanol–water partition coefficient (Wildman–Crippen LogP) is 2.35. The third-order valence-electron chi connectivity index (χ3n) is 4.05. The Hall–Kier alpha value is -3.15. The van der Waals surface area contributed by atoms with Crippen LogP contribution in [0, 0.1) is 0 Å². The molecule has 2 rings (SSSR count). The Morgan fingerprint density at radius 2 is 1.63 bits per heavy atom. The van der Waals surface area contributed by atoms with Crippen LogP contribution in [0.4, 0.5) is 5.69 Å². The smallest absolute Gasteiger partial charge is 0.226 e. The van der Waals surface area contributed by atoms with E-state index in [1.54, 1.807) is 18.0 Å². The van der Waals surface area contributed by atoms with Gasteiger partial charge in [0.1, 0.15) is 0 Å². The van der Waals surface area contributed by atoms with Crippen molar-refractivity contribution in [3.05, 3.63) is 65.7 Å². The molecule has 0 unspecified atom stereocenters. The summed E-state index contributed by atoms with van der Waals surface area (Å²) >= 11 is 0. The van der Waals surface area contributed by atoms with Crippen LogP contribution in [0.25, 0.3) is 0 Å². The van der Waals surface area contributed by atoms with Gasteiger partial charge < -0.3 is 15.5 Å². The van der Waals surface area contributed by atoms with Crippen LogP contribution in [0.15, 0.2) is 54.6 Å². The van der Waals surface area contributed by atoms with Gasteiger partial charge in [-0.15, -0.1) is 0 Å². The summed E-state index contributed by atoms with van der Waals surface area (Å²) < 4.78 is 0. The molecule has 2 aromatic carbocycles. The summed E-state index contributed by atoms with van der Waals surface area (Å²) in [6.07, 6.45) is 0.492. The molecule has 0 aliphatic heterocycles. The Bertz CT molecular complexity index is 790. The number of hydrogen-bond donors (Lipinski definition) is 2. The van der Waals surface area contributed by atoms with Gasteiger partial charge in [0.05, 0.1) is 6.42 Å². The standard InChI is InChI=1S/C21H25N3O3/c1-16(25)24(2)15-18-9-6-10-19(13-18)23-20(26)11-12-22-21(27)14-17-7-4-3-5-8-17/h3-10,13H,11-12,14-15H2,1-2H3,(H,22,27)(H,23,26). The Morgan fingerprint density at radius 3 is 2.33 bits per heavy atom. The average Bonchev–Trinajstić information content (AvgIpc) is 2.62. The molecule has 0 aliphatic rings. The first-order chi connectivity index (χ1) is 12.9. The molecule has 2 N–H and O–H groups in total. The lowest BCUT2D eigenvalue weighted by atomic mass is 10.1. The Kier molecular flexibility index (Phi) is 7.55. The van der Waals surface area contributed by atoms with E-state index in [1.807, 2.05) is 48.5 Å². The molecule has 0 aromatic heterocycles. The zero-order valence-electron chi connectivity index (χ0n) is 15.7. The number of anilines is 1. The second-order valence-corrected chi connectivity index (χ2v) is 6.39. The van der Waals surface area contributed by atoms with Crippen LogP contribution < -0.4 is 10.6 Å². The van der Waals surface area contributed by atoms with Crippen molar-refractivity contribution >= 4 is 23.4 Å². The molecule has 0 aliphatic carbocycles. The van der Waals surface area contributed by atoms with Gasteiger partial charge in [-0.3, -0.25) is 14.4 Å². The summed E-state index contributed by atoms with van der Waals surface area (Å²) in [5.74, 6) is -0.300. The van der Waals surface area contributed by atoms with Gasteiger partial charge >= 0.3 is 0 Å². The van der Waals surface area contributed by atoms with Gasteiger partial charge in [-0.05, 0) is 23.3 Å². The molecule has 27 heavy (non-hydrogen) atoms. The summed E-state index contributed by atoms with van der Waals surface area (Å²) in [7, 11) is 1.73. The van der Waals surface area contributed by atoms with E-state index < -0.39 is 0 Å². The van der Waals surface area contributed by atoms with Crippen LogP contribution in [-0.2, 0) is 27.3 Å². The first-order valence-electron chi connectivity index (χ1n) is 8.85. The molecule has 2 aromatic rings. The van der Waals surface area contributed by atoms with Gasteiger partial charge in [-0.2, -0.15) is 0 Å². The lowest BCUT2D eigenvalue weighted by Gasteiger charge is -2.15. The fraction of sp³-hybridized carbons (Fsp3) is 0.286. The van der Waals surface area contributed by atoms with E-state index in [9.17, 15) is 14.4 Å². The monoisotopic (exact) mass is 367 g/mol. The van der Waals surface area contributed by atoms with Crippen molar-refractivity contribution in [2.24, 2.45) is 0 Å². The van der Waals surface area contributed by atoms with Crippen molar-refractivity contribution < 1.29 is 14.4 Å². The maximum absolute atomic E-state index is 12.1. The minimum Gasteiger partial charge on any atom is -0.355 e. The number of rotatable bonds is 8. The number of carbonyl (C=O) groups is 3. The molecule has 0 spiro atoms. The largest absolute Gasteiger partial charge is 0.355 e. The van der Waals surface area contributed by atoms with Gasteiger partial charge in [0.25, 0.3) is 0 Å². The normalized spacial score (nSPS) is 10.1. The van der Waals surface area contributed by atoms with Gasteiger partial charge in [0.15, 0.2) is 0 Å². The van der Waals surface area contributed by atoms with Crippen molar-refractivity contribution in [2.45, 2.75) is 26.3 Å². The molecule has 6 nitrogen and oxygen atoms in total. The molecule has 0 bridgehead atoms. The third-order valence-corrected chi connectivity index (χ3v) is 4.05. The number of amides is 3. The minimum absolute atomic E-state index is 0.0179. The van der Waals surface area contributed by atoms with Crippen LogP contribution in [0.3, 0.4) is 0 Å². The van der Waals surface area contributed by atoms with Gasteiger partial charge in [-0.25, -0.2) is 0 Å². The molecule has 0 radical (unpaired) electrons. The maximum atomic E-state index is 12.1. The van der Waals surface area contributed by atoms with Crippen LogP contribution in [0.5, 0.6) is 0 Å². The van der Waals surface area contributed by atoms with Crippen molar-refractivity contribution in [3.8, 4) is 0 Å².